The maximum atomic E-state index is 12.9. The first-order valence-electron chi connectivity index (χ1n) is 20.8. The summed E-state index contributed by atoms with van der Waals surface area (Å²) in [5.74, 6) is -0.289. The Morgan fingerprint density at radius 2 is 0.879 bits per heavy atom. The molecular weight excluding hydrogens is 1060 g/mol. The number of nitrogens with one attached hydrogen (secondary N) is 4. The average Bonchev–Trinajstić information content (AvgIpc) is 3.29. The summed E-state index contributed by atoms with van der Waals surface area (Å²) < 4.78 is 27.6. The van der Waals surface area contributed by atoms with Crippen LogP contribution in [0.3, 0.4) is 0 Å². The zero-order valence-electron chi connectivity index (χ0n) is 35.0. The summed E-state index contributed by atoms with van der Waals surface area (Å²) in [5, 5.41) is 14.1. The molecule has 4 N–H and O–H groups in total. The standard InChI is InChI=1S/2C16H13ClFNO.2C9H7BrClNO/c17-14-8-11-3-6-16(20)19-15(11)9-12(14)7-10-1-4-13(18)5-2-10;17-14-6-7-15-12(5-8-16(20)19-15)13(14)9-10-1-3-11(18)4-2-10;10-9-5-1-4-8(13)12-7(5)3-2-6(9)11;10-6-4-8-5(3-7(6)11)1-2-9(13)12-8/h1-2,4-5,8-9H,3,6-7H2,(H,19,20);1-4,6-7H,5,8-9H2,(H,19,20);2-3H,1,4H2,(H,12,13);3-4H,1-2H2,(H,12,13). The Hall–Kier alpha value is -4.82. The molecule has 4 amide bonds. The maximum Gasteiger partial charge on any atom is 0.224 e. The molecule has 0 unspecified atom stereocenters. The minimum Gasteiger partial charge on any atom is -0.326 e. The van der Waals surface area contributed by atoms with Gasteiger partial charge in [0.1, 0.15) is 11.6 Å². The third-order valence-corrected chi connectivity index (χ3v) is 14.5. The van der Waals surface area contributed by atoms with Gasteiger partial charge in [-0.3, -0.25) is 19.2 Å². The molecule has 6 aromatic carbocycles. The predicted molar refractivity (Wildman–Crippen MR) is 267 cm³/mol. The summed E-state index contributed by atoms with van der Waals surface area (Å²) in [5.41, 5.74) is 11.7. The molecule has 0 bridgehead atoms. The van der Waals surface area contributed by atoms with Gasteiger partial charge in [0.05, 0.1) is 10.0 Å². The highest BCUT2D eigenvalue weighted by Gasteiger charge is 2.22. The van der Waals surface area contributed by atoms with Crippen molar-refractivity contribution >= 4 is 125 Å². The summed E-state index contributed by atoms with van der Waals surface area (Å²) in [6.07, 6.45) is 6.24. The van der Waals surface area contributed by atoms with Crippen LogP contribution in [0.25, 0.3) is 0 Å². The van der Waals surface area contributed by atoms with Crippen LogP contribution in [0.4, 0.5) is 31.5 Å². The van der Waals surface area contributed by atoms with Gasteiger partial charge in [-0.25, -0.2) is 8.78 Å². The smallest absolute Gasteiger partial charge is 0.224 e. The van der Waals surface area contributed by atoms with E-state index in [1.165, 1.54) is 24.3 Å². The minimum absolute atomic E-state index is 0.0348. The van der Waals surface area contributed by atoms with E-state index in [1.54, 1.807) is 36.4 Å². The molecule has 4 aliphatic rings. The van der Waals surface area contributed by atoms with Gasteiger partial charge in [-0.1, -0.05) is 70.7 Å². The second kappa shape index (κ2) is 22.3. The van der Waals surface area contributed by atoms with Crippen molar-refractivity contribution in [1.82, 2.24) is 0 Å². The molecule has 0 saturated carbocycles. The summed E-state index contributed by atoms with van der Waals surface area (Å²) in [6, 6.07) is 27.5. The number of aryl methyl sites for hydroxylation is 2. The van der Waals surface area contributed by atoms with Gasteiger partial charge < -0.3 is 21.3 Å². The fourth-order valence-corrected chi connectivity index (χ4v) is 9.44. The average molecular weight is 1100 g/mol. The molecule has 66 heavy (non-hydrogen) atoms. The lowest BCUT2D eigenvalue weighted by molar-refractivity contribution is -0.117. The van der Waals surface area contributed by atoms with E-state index in [9.17, 15) is 28.0 Å². The Kier molecular flexibility index (Phi) is 16.6. The zero-order valence-corrected chi connectivity index (χ0v) is 41.2. The lowest BCUT2D eigenvalue weighted by Crippen LogP contribution is -2.20. The van der Waals surface area contributed by atoms with E-state index in [0.717, 1.165) is 95.5 Å². The minimum atomic E-state index is -0.252. The molecule has 0 aliphatic carbocycles. The highest BCUT2D eigenvalue weighted by atomic mass is 79.9. The third kappa shape index (κ3) is 12.8. The molecule has 10 rings (SSSR count). The molecule has 16 heteroatoms. The molecule has 340 valence electrons. The van der Waals surface area contributed by atoms with E-state index in [-0.39, 0.29) is 35.3 Å². The number of hydrogen-bond donors (Lipinski definition) is 4. The van der Waals surface area contributed by atoms with Crippen molar-refractivity contribution in [3.63, 3.8) is 0 Å². The van der Waals surface area contributed by atoms with Gasteiger partial charge >= 0.3 is 0 Å². The summed E-state index contributed by atoms with van der Waals surface area (Å²) in [6.45, 7) is 0. The van der Waals surface area contributed by atoms with Crippen LogP contribution in [0.1, 0.15) is 70.2 Å². The van der Waals surface area contributed by atoms with Crippen LogP contribution < -0.4 is 21.3 Å². The number of anilines is 4. The molecule has 0 saturated heterocycles. The van der Waals surface area contributed by atoms with Crippen molar-refractivity contribution in [3.05, 3.63) is 182 Å². The second-order valence-corrected chi connectivity index (χ2v) is 19.0. The van der Waals surface area contributed by atoms with Gasteiger partial charge in [0.25, 0.3) is 0 Å². The van der Waals surface area contributed by atoms with Gasteiger partial charge in [0, 0.05) is 67.4 Å². The van der Waals surface area contributed by atoms with Crippen LogP contribution in [-0.2, 0) is 57.7 Å². The number of amides is 4. The Balaban J connectivity index is 0.000000134. The molecule has 4 aliphatic heterocycles. The molecule has 0 aromatic heterocycles. The Bertz CT molecular complexity index is 2830. The third-order valence-electron chi connectivity index (χ3n) is 11.1. The fourth-order valence-electron chi connectivity index (χ4n) is 7.69. The van der Waals surface area contributed by atoms with E-state index in [0.29, 0.717) is 65.0 Å². The predicted octanol–water partition coefficient (Wildman–Crippen LogP) is 13.9. The van der Waals surface area contributed by atoms with E-state index < -0.39 is 0 Å². The van der Waals surface area contributed by atoms with Crippen LogP contribution >= 0.6 is 78.3 Å². The van der Waals surface area contributed by atoms with Gasteiger partial charge in [-0.2, -0.15) is 0 Å². The highest BCUT2D eigenvalue weighted by molar-refractivity contribution is 9.11. The number of carbonyl (C=O) groups is 4. The molecule has 0 spiro atoms. The van der Waals surface area contributed by atoms with Crippen molar-refractivity contribution in [2.75, 3.05) is 21.3 Å². The number of fused-ring (bicyclic) bond motifs is 4. The Morgan fingerprint density at radius 3 is 1.44 bits per heavy atom. The van der Waals surface area contributed by atoms with Crippen LogP contribution in [0.15, 0.2) is 106 Å². The van der Waals surface area contributed by atoms with Gasteiger partial charge in [-0.15, -0.1) is 0 Å². The summed E-state index contributed by atoms with van der Waals surface area (Å²) in [7, 11) is 0. The molecule has 0 radical (unpaired) electrons. The quantitative estimate of drug-likeness (QED) is 0.141. The first-order chi connectivity index (χ1) is 31.6. The normalized spacial score (nSPS) is 14.3. The summed E-state index contributed by atoms with van der Waals surface area (Å²) in [4.78, 5) is 45.0. The van der Waals surface area contributed by atoms with Crippen molar-refractivity contribution in [3.8, 4) is 0 Å². The van der Waals surface area contributed by atoms with E-state index in [1.807, 2.05) is 36.4 Å². The number of rotatable bonds is 4. The number of hydrogen-bond acceptors (Lipinski definition) is 4. The number of benzene rings is 6. The zero-order chi connectivity index (χ0) is 47.1. The van der Waals surface area contributed by atoms with Crippen LogP contribution in [0.5, 0.6) is 0 Å². The summed E-state index contributed by atoms with van der Waals surface area (Å²) >= 11 is 31.1. The van der Waals surface area contributed by atoms with Crippen molar-refractivity contribution in [1.29, 1.82) is 0 Å². The van der Waals surface area contributed by atoms with Crippen LogP contribution in [-0.4, -0.2) is 23.6 Å². The van der Waals surface area contributed by atoms with Gasteiger partial charge in [-0.05, 0) is 188 Å². The Morgan fingerprint density at radius 1 is 0.439 bits per heavy atom. The monoisotopic (exact) mass is 1100 g/mol. The molecule has 0 atom stereocenters. The second-order valence-electron chi connectivity index (χ2n) is 15.8. The highest BCUT2D eigenvalue weighted by Crippen LogP contribution is 2.36. The van der Waals surface area contributed by atoms with Crippen molar-refractivity contribution < 1.29 is 28.0 Å². The number of halogens is 8. The fraction of sp³-hybridized carbons (Fsp3) is 0.200. The largest absolute Gasteiger partial charge is 0.326 e. The van der Waals surface area contributed by atoms with Crippen LogP contribution in [0.2, 0.25) is 20.1 Å². The van der Waals surface area contributed by atoms with Gasteiger partial charge in [0.2, 0.25) is 23.6 Å². The Labute approximate surface area is 417 Å². The van der Waals surface area contributed by atoms with Gasteiger partial charge in [0.15, 0.2) is 0 Å². The first kappa shape index (κ1) is 49.1. The van der Waals surface area contributed by atoms with Crippen LogP contribution in [0, 0.1) is 11.6 Å². The van der Waals surface area contributed by atoms with Crippen molar-refractivity contribution in [2.24, 2.45) is 0 Å². The van der Waals surface area contributed by atoms with E-state index >= 15 is 0 Å². The van der Waals surface area contributed by atoms with E-state index in [4.69, 9.17) is 46.4 Å². The molecule has 4 heterocycles. The van der Waals surface area contributed by atoms with E-state index in [2.05, 4.69) is 53.1 Å². The number of carbonyl (C=O) groups excluding carboxylic acids is 4. The molecule has 0 fully saturated rings. The molecular formula is C50H40Br2Cl4F2N4O4. The SMILES string of the molecule is O=C1CCc2c(ccc(Cl)c2Br)N1.O=C1CCc2c(ccc(Cl)c2Cc2ccc(F)cc2)N1.O=C1CCc2cc(Cl)c(Br)cc2N1.O=C1CCc2cc(Cl)c(Cc3ccc(F)cc3)cc2N1. The van der Waals surface area contributed by atoms with Crippen molar-refractivity contribution in [2.45, 2.75) is 64.2 Å². The molecule has 6 aromatic rings. The lowest BCUT2D eigenvalue weighted by Gasteiger charge is -2.21. The first-order valence-corrected chi connectivity index (χ1v) is 23.9. The maximum absolute atomic E-state index is 12.9. The topological polar surface area (TPSA) is 116 Å². The molecule has 8 nitrogen and oxygen atoms in total. The lowest BCUT2D eigenvalue weighted by atomic mass is 9.93.